The molecule has 0 radical (unpaired) electrons. The van der Waals surface area contributed by atoms with Crippen LogP contribution < -0.4 is 10.3 Å². The van der Waals surface area contributed by atoms with Crippen molar-refractivity contribution in [2.45, 2.75) is 38.3 Å². The SMILES string of the molecule is CCC(CC(=O)c1cn(-c2ccc(F)cc2F)c2nc(N3CCC(F)(F)C3)ccc2c1=O)C(F)(F)F. The first-order valence-electron chi connectivity index (χ1n) is 11.1. The third-order valence-electron chi connectivity index (χ3n) is 6.19. The fourth-order valence-corrected chi connectivity index (χ4v) is 4.18. The van der Waals surface area contributed by atoms with Crippen molar-refractivity contribution in [3.63, 3.8) is 0 Å². The highest BCUT2D eigenvalue weighted by Gasteiger charge is 2.40. The first-order chi connectivity index (χ1) is 16.8. The number of nitrogens with zero attached hydrogens (tertiary/aromatic N) is 3. The van der Waals surface area contributed by atoms with Crippen molar-refractivity contribution in [2.75, 3.05) is 18.0 Å². The molecule has 5 nitrogen and oxygen atoms in total. The van der Waals surface area contributed by atoms with Crippen LogP contribution in [0.5, 0.6) is 0 Å². The van der Waals surface area contributed by atoms with Gasteiger partial charge in [0.1, 0.15) is 17.5 Å². The number of ketones is 1. The number of carbonyl (C=O) groups excluding carboxylic acids is 1. The Kier molecular flexibility index (Phi) is 6.56. The van der Waals surface area contributed by atoms with Crippen LogP contribution in [0.1, 0.15) is 36.5 Å². The van der Waals surface area contributed by atoms with E-state index in [1.54, 1.807) is 0 Å². The van der Waals surface area contributed by atoms with Gasteiger partial charge >= 0.3 is 6.18 Å². The number of fused-ring (bicyclic) bond motifs is 1. The fraction of sp³-hybridized carbons (Fsp3) is 0.375. The Morgan fingerprint density at radius 2 is 1.89 bits per heavy atom. The van der Waals surface area contributed by atoms with Gasteiger partial charge in [-0.2, -0.15) is 13.2 Å². The number of carbonyl (C=O) groups is 1. The highest BCUT2D eigenvalue weighted by molar-refractivity contribution is 5.99. The van der Waals surface area contributed by atoms with E-state index in [4.69, 9.17) is 0 Å². The maximum absolute atomic E-state index is 14.7. The van der Waals surface area contributed by atoms with Crippen LogP contribution >= 0.6 is 0 Å². The molecule has 2 aromatic heterocycles. The Morgan fingerprint density at radius 3 is 2.47 bits per heavy atom. The number of pyridine rings is 2. The summed E-state index contributed by atoms with van der Waals surface area (Å²) in [7, 11) is 0. The third-order valence-corrected chi connectivity index (χ3v) is 6.19. The maximum Gasteiger partial charge on any atom is 0.392 e. The Hall–Kier alpha value is -3.44. The van der Waals surface area contributed by atoms with Gasteiger partial charge in [0.05, 0.1) is 29.1 Å². The third kappa shape index (κ3) is 4.93. The van der Waals surface area contributed by atoms with E-state index in [1.165, 1.54) is 24.0 Å². The number of benzene rings is 1. The van der Waals surface area contributed by atoms with Gasteiger partial charge in [0.25, 0.3) is 5.92 Å². The number of halogens is 7. The molecule has 1 saturated heterocycles. The first kappa shape index (κ1) is 25.6. The van der Waals surface area contributed by atoms with Crippen LogP contribution in [0.2, 0.25) is 0 Å². The molecule has 1 fully saturated rings. The molecule has 0 saturated carbocycles. The molecule has 1 aliphatic heterocycles. The van der Waals surface area contributed by atoms with E-state index >= 15 is 0 Å². The van der Waals surface area contributed by atoms with Gasteiger partial charge in [-0.05, 0) is 30.7 Å². The number of Topliss-reactive ketones (excluding diaryl/α,β-unsaturated/α-hetero) is 1. The van der Waals surface area contributed by atoms with Crippen molar-refractivity contribution in [1.82, 2.24) is 9.55 Å². The Bertz CT molecular complexity index is 1380. The predicted molar refractivity (Wildman–Crippen MR) is 118 cm³/mol. The van der Waals surface area contributed by atoms with E-state index in [0.29, 0.717) is 6.07 Å². The fourth-order valence-electron chi connectivity index (χ4n) is 4.18. The van der Waals surface area contributed by atoms with Gasteiger partial charge in [0, 0.05) is 31.6 Å². The average molecular weight is 515 g/mol. The second-order valence-corrected chi connectivity index (χ2v) is 8.68. The van der Waals surface area contributed by atoms with Crippen LogP contribution in [0.3, 0.4) is 0 Å². The molecular formula is C24H20F7N3O2. The van der Waals surface area contributed by atoms with Gasteiger partial charge in [0.2, 0.25) is 5.43 Å². The van der Waals surface area contributed by atoms with Crippen molar-refractivity contribution < 1.29 is 35.5 Å². The molecule has 0 bridgehead atoms. The summed E-state index contributed by atoms with van der Waals surface area (Å²) in [4.78, 5) is 31.4. The first-order valence-corrected chi connectivity index (χ1v) is 11.1. The predicted octanol–water partition coefficient (Wildman–Crippen LogP) is 5.67. The lowest BCUT2D eigenvalue weighted by molar-refractivity contribution is -0.174. The summed E-state index contributed by atoms with van der Waals surface area (Å²) < 4.78 is 96.4. The van der Waals surface area contributed by atoms with Gasteiger partial charge < -0.3 is 4.90 Å². The van der Waals surface area contributed by atoms with Crippen LogP contribution in [-0.4, -0.2) is 40.5 Å². The normalized spacial score (nSPS) is 16.5. The lowest BCUT2D eigenvalue weighted by atomic mass is 9.95. The zero-order valence-electron chi connectivity index (χ0n) is 18.9. The minimum atomic E-state index is -4.67. The van der Waals surface area contributed by atoms with Crippen LogP contribution in [0.15, 0.2) is 41.3 Å². The topological polar surface area (TPSA) is 55.2 Å². The minimum Gasteiger partial charge on any atom is -0.350 e. The molecule has 1 aliphatic rings. The zero-order valence-corrected chi connectivity index (χ0v) is 18.9. The molecule has 36 heavy (non-hydrogen) atoms. The summed E-state index contributed by atoms with van der Waals surface area (Å²) in [5.74, 6) is -8.01. The van der Waals surface area contributed by atoms with Crippen molar-refractivity contribution >= 4 is 22.6 Å². The van der Waals surface area contributed by atoms with Crippen molar-refractivity contribution in [3.05, 3.63) is 63.9 Å². The van der Waals surface area contributed by atoms with Crippen LogP contribution in [0.25, 0.3) is 16.7 Å². The van der Waals surface area contributed by atoms with Gasteiger partial charge in [-0.15, -0.1) is 0 Å². The van der Waals surface area contributed by atoms with Gasteiger partial charge in [0.15, 0.2) is 11.4 Å². The molecule has 1 unspecified atom stereocenters. The highest BCUT2D eigenvalue weighted by Crippen LogP contribution is 2.33. The smallest absolute Gasteiger partial charge is 0.350 e. The van der Waals surface area contributed by atoms with Crippen LogP contribution in [0, 0.1) is 17.6 Å². The number of aromatic nitrogens is 2. The van der Waals surface area contributed by atoms with Crippen molar-refractivity contribution in [3.8, 4) is 5.69 Å². The van der Waals surface area contributed by atoms with Gasteiger partial charge in [-0.1, -0.05) is 6.92 Å². The lowest BCUT2D eigenvalue weighted by Crippen LogP contribution is -2.28. The van der Waals surface area contributed by atoms with E-state index < -0.39 is 72.2 Å². The number of hydrogen-bond donors (Lipinski definition) is 0. The Balaban J connectivity index is 1.90. The van der Waals surface area contributed by atoms with Gasteiger partial charge in [-0.25, -0.2) is 22.5 Å². The summed E-state index contributed by atoms with van der Waals surface area (Å²) in [5, 5.41) is -0.237. The molecule has 0 N–H and O–H groups in total. The summed E-state index contributed by atoms with van der Waals surface area (Å²) >= 11 is 0. The van der Waals surface area contributed by atoms with E-state index in [9.17, 15) is 40.3 Å². The number of anilines is 1. The largest absolute Gasteiger partial charge is 0.392 e. The molecule has 12 heteroatoms. The standard InChI is InChI=1S/C24H20F7N3O2/c1-2-13(24(29,30)31)9-19(35)16-11-34(18-5-3-14(25)10-17(18)26)22-15(21(16)36)4-6-20(32-22)33-8-7-23(27,28)12-33/h3-6,10-11,13H,2,7-9,12H2,1H3. The van der Waals surface area contributed by atoms with E-state index in [2.05, 4.69) is 4.98 Å². The number of hydrogen-bond acceptors (Lipinski definition) is 4. The monoisotopic (exact) mass is 515 g/mol. The van der Waals surface area contributed by atoms with E-state index in [-0.39, 0.29) is 29.1 Å². The molecule has 0 spiro atoms. The Labute approximate surface area is 200 Å². The number of rotatable bonds is 6. The molecule has 3 heterocycles. The van der Waals surface area contributed by atoms with E-state index in [0.717, 1.165) is 22.9 Å². The lowest BCUT2D eigenvalue weighted by Gasteiger charge is -2.20. The second-order valence-electron chi connectivity index (χ2n) is 8.68. The summed E-state index contributed by atoms with van der Waals surface area (Å²) in [6.45, 7) is 0.589. The number of alkyl halides is 5. The molecule has 192 valence electrons. The quantitative estimate of drug-likeness (QED) is 0.314. The zero-order chi connectivity index (χ0) is 26.4. The van der Waals surface area contributed by atoms with Crippen molar-refractivity contribution in [2.24, 2.45) is 5.92 Å². The minimum absolute atomic E-state index is 0.0347. The molecule has 0 amide bonds. The highest BCUT2D eigenvalue weighted by atomic mass is 19.4. The molecule has 4 rings (SSSR count). The molecule has 1 atom stereocenters. The second kappa shape index (κ2) is 9.21. The molecule has 3 aromatic rings. The van der Waals surface area contributed by atoms with Gasteiger partial charge in [-0.3, -0.25) is 14.2 Å². The van der Waals surface area contributed by atoms with E-state index in [1.807, 2.05) is 0 Å². The van der Waals surface area contributed by atoms with Crippen molar-refractivity contribution in [1.29, 1.82) is 0 Å². The molecule has 0 aliphatic carbocycles. The summed E-state index contributed by atoms with van der Waals surface area (Å²) in [6, 6.07) is 4.93. The molecular weight excluding hydrogens is 495 g/mol. The average Bonchev–Trinajstić information content (AvgIpc) is 3.16. The summed E-state index contributed by atoms with van der Waals surface area (Å²) in [5.41, 5.74) is -2.12. The molecule has 1 aromatic carbocycles. The summed E-state index contributed by atoms with van der Waals surface area (Å²) in [6.07, 6.45) is -5.62. The Morgan fingerprint density at radius 1 is 1.17 bits per heavy atom. The van der Waals surface area contributed by atoms with Crippen LogP contribution in [0.4, 0.5) is 36.6 Å². The maximum atomic E-state index is 14.7. The van der Waals surface area contributed by atoms with Crippen LogP contribution in [-0.2, 0) is 0 Å².